The Morgan fingerprint density at radius 2 is 2.11 bits per heavy atom. The van der Waals surface area contributed by atoms with Gasteiger partial charge in [0.15, 0.2) is 0 Å². The third-order valence-electron chi connectivity index (χ3n) is 2.43. The van der Waals surface area contributed by atoms with Crippen LogP contribution >= 0.6 is 11.8 Å². The number of carbonyl (C=O) groups excluding carboxylic acids is 1. The average molecular weight is 282 g/mol. The lowest BCUT2D eigenvalue weighted by Gasteiger charge is -2.19. The Labute approximate surface area is 119 Å². The zero-order valence-electron chi connectivity index (χ0n) is 11.8. The van der Waals surface area contributed by atoms with Crippen molar-refractivity contribution in [1.29, 1.82) is 0 Å². The van der Waals surface area contributed by atoms with E-state index in [4.69, 9.17) is 4.74 Å². The van der Waals surface area contributed by atoms with E-state index in [1.165, 1.54) is 4.90 Å². The minimum atomic E-state index is -0.228. The fraction of sp³-hybridized carbons (Fsp3) is 0.571. The highest BCUT2D eigenvalue weighted by Crippen LogP contribution is 2.18. The number of hydrogen-bond acceptors (Lipinski definition) is 5. The molecule has 0 aliphatic heterocycles. The Kier molecular flexibility index (Phi) is 7.52. The highest BCUT2D eigenvalue weighted by molar-refractivity contribution is 7.99. The van der Waals surface area contributed by atoms with Crippen LogP contribution in [0.15, 0.2) is 29.4 Å². The maximum absolute atomic E-state index is 11.8. The van der Waals surface area contributed by atoms with Crippen LogP contribution in [0.1, 0.15) is 27.2 Å². The molecule has 0 bridgehead atoms. The lowest BCUT2D eigenvalue weighted by Crippen LogP contribution is -2.42. The molecule has 1 aromatic rings. The first-order valence-corrected chi connectivity index (χ1v) is 7.57. The van der Waals surface area contributed by atoms with Gasteiger partial charge in [-0.15, -0.1) is 11.8 Å². The topological polar surface area (TPSA) is 51.2 Å². The molecule has 0 saturated heterocycles. The Hall–Kier alpha value is -1.07. The number of nitrogens with zero attached hydrogens (tertiary/aromatic N) is 1. The second kappa shape index (κ2) is 8.93. The molecular weight excluding hydrogens is 260 g/mol. The molecule has 1 atom stereocenters. The third kappa shape index (κ3) is 6.59. The lowest BCUT2D eigenvalue weighted by molar-refractivity contribution is -0.145. The van der Waals surface area contributed by atoms with Gasteiger partial charge in [-0.25, -0.2) is 0 Å². The van der Waals surface area contributed by atoms with Crippen molar-refractivity contribution in [1.82, 2.24) is 10.3 Å². The molecular formula is C14H22N2O2S. The summed E-state index contributed by atoms with van der Waals surface area (Å²) in [6.07, 6.45) is 4.30. The number of rotatable bonds is 8. The smallest absolute Gasteiger partial charge is 0.323 e. The quantitative estimate of drug-likeness (QED) is 0.586. The molecule has 0 fully saturated rings. The molecule has 0 radical (unpaired) electrons. The van der Waals surface area contributed by atoms with Crippen LogP contribution in [0, 0.1) is 0 Å². The molecule has 19 heavy (non-hydrogen) atoms. The van der Waals surface area contributed by atoms with Crippen molar-refractivity contribution in [2.24, 2.45) is 0 Å². The molecule has 5 heteroatoms. The van der Waals surface area contributed by atoms with E-state index >= 15 is 0 Å². The number of carbonyl (C=O) groups is 1. The van der Waals surface area contributed by atoms with Crippen LogP contribution in [0.2, 0.25) is 0 Å². The van der Waals surface area contributed by atoms with Gasteiger partial charge in [0.05, 0.1) is 6.61 Å². The molecule has 1 N–H and O–H groups in total. The molecule has 0 saturated carbocycles. The minimum Gasteiger partial charge on any atom is -0.465 e. The van der Waals surface area contributed by atoms with E-state index in [2.05, 4.69) is 10.3 Å². The van der Waals surface area contributed by atoms with E-state index in [9.17, 15) is 4.79 Å². The molecule has 0 aliphatic carbocycles. The molecule has 0 spiro atoms. The summed E-state index contributed by atoms with van der Waals surface area (Å²) in [5, 5.41) is 3.25. The van der Waals surface area contributed by atoms with Crippen molar-refractivity contribution < 1.29 is 9.53 Å². The highest BCUT2D eigenvalue weighted by Gasteiger charge is 2.19. The number of esters is 1. The number of ether oxygens (including phenoxy) is 1. The van der Waals surface area contributed by atoms with Gasteiger partial charge in [0.25, 0.3) is 0 Å². The van der Waals surface area contributed by atoms with Crippen LogP contribution in [0.4, 0.5) is 0 Å². The van der Waals surface area contributed by atoms with Crippen LogP contribution in [0.3, 0.4) is 0 Å². The van der Waals surface area contributed by atoms with Gasteiger partial charge in [-0.2, -0.15) is 0 Å². The molecule has 0 amide bonds. The number of hydrogen-bond donors (Lipinski definition) is 1. The van der Waals surface area contributed by atoms with Gasteiger partial charge < -0.3 is 10.1 Å². The first kappa shape index (κ1) is 16.0. The Bertz CT molecular complexity index is 371. The summed E-state index contributed by atoms with van der Waals surface area (Å²) in [6.45, 7) is 6.31. The summed E-state index contributed by atoms with van der Waals surface area (Å²) in [6, 6.07) is 3.98. The minimum absolute atomic E-state index is 0.161. The van der Waals surface area contributed by atoms with Crippen LogP contribution in [-0.2, 0) is 9.53 Å². The Morgan fingerprint density at radius 1 is 1.42 bits per heavy atom. The number of nitrogens with one attached hydrogen (secondary N) is 1. The first-order valence-electron chi connectivity index (χ1n) is 6.59. The molecule has 106 valence electrons. The average Bonchev–Trinajstić information content (AvgIpc) is 2.38. The fourth-order valence-corrected chi connectivity index (χ4v) is 2.55. The van der Waals surface area contributed by atoms with Crippen molar-refractivity contribution in [3.63, 3.8) is 0 Å². The normalized spacial score (nSPS) is 12.4. The van der Waals surface area contributed by atoms with Gasteiger partial charge in [-0.1, -0.05) is 13.8 Å². The summed E-state index contributed by atoms with van der Waals surface area (Å²) < 4.78 is 5.09. The van der Waals surface area contributed by atoms with E-state index in [0.717, 1.165) is 12.2 Å². The standard InChI is InChI=1S/C14H22N2O2S/c1-4-18-14(17)13(16-11(2)3)7-10-19-12-5-8-15-9-6-12/h5-6,8-9,11,13,16H,4,7,10H2,1-3H3. The van der Waals surface area contributed by atoms with Gasteiger partial charge in [0.2, 0.25) is 0 Å². The molecule has 1 rings (SSSR count). The molecule has 4 nitrogen and oxygen atoms in total. The predicted molar refractivity (Wildman–Crippen MR) is 78.3 cm³/mol. The van der Waals surface area contributed by atoms with E-state index in [0.29, 0.717) is 6.61 Å². The first-order chi connectivity index (χ1) is 9.13. The van der Waals surface area contributed by atoms with Crippen LogP contribution in [0.25, 0.3) is 0 Å². The molecule has 1 unspecified atom stereocenters. The second-order valence-electron chi connectivity index (χ2n) is 4.45. The fourth-order valence-electron chi connectivity index (χ4n) is 1.64. The van der Waals surface area contributed by atoms with Gasteiger partial charge >= 0.3 is 5.97 Å². The lowest BCUT2D eigenvalue weighted by atomic mass is 10.2. The largest absolute Gasteiger partial charge is 0.465 e. The second-order valence-corrected chi connectivity index (χ2v) is 5.61. The van der Waals surface area contributed by atoms with E-state index in [1.807, 2.05) is 32.9 Å². The molecule has 1 aromatic heterocycles. The summed E-state index contributed by atoms with van der Waals surface area (Å²) in [5.74, 6) is 0.708. The molecule has 1 heterocycles. The summed E-state index contributed by atoms with van der Waals surface area (Å²) in [7, 11) is 0. The highest BCUT2D eigenvalue weighted by atomic mass is 32.2. The summed E-state index contributed by atoms with van der Waals surface area (Å²) >= 11 is 1.72. The summed E-state index contributed by atoms with van der Waals surface area (Å²) in [5.41, 5.74) is 0. The van der Waals surface area contributed by atoms with Crippen molar-refractivity contribution in [3.05, 3.63) is 24.5 Å². The monoisotopic (exact) mass is 282 g/mol. The summed E-state index contributed by atoms with van der Waals surface area (Å²) in [4.78, 5) is 17.0. The molecule has 0 aliphatic rings. The van der Waals surface area contributed by atoms with Gasteiger partial charge in [0, 0.05) is 29.1 Å². The van der Waals surface area contributed by atoms with Crippen molar-refractivity contribution in [2.45, 2.75) is 44.2 Å². The van der Waals surface area contributed by atoms with E-state index in [-0.39, 0.29) is 18.1 Å². The third-order valence-corrected chi connectivity index (χ3v) is 3.48. The predicted octanol–water partition coefficient (Wildman–Crippen LogP) is 2.49. The van der Waals surface area contributed by atoms with Gasteiger partial charge in [-0.3, -0.25) is 9.78 Å². The van der Waals surface area contributed by atoms with E-state index < -0.39 is 0 Å². The van der Waals surface area contributed by atoms with E-state index in [1.54, 1.807) is 24.2 Å². The maximum atomic E-state index is 11.8. The SMILES string of the molecule is CCOC(=O)C(CCSc1ccncc1)NC(C)C. The van der Waals surface area contributed by atoms with Crippen molar-refractivity contribution in [2.75, 3.05) is 12.4 Å². The number of aromatic nitrogens is 1. The molecule has 0 aromatic carbocycles. The Balaban J connectivity index is 2.42. The van der Waals surface area contributed by atoms with Crippen LogP contribution in [-0.4, -0.2) is 35.4 Å². The van der Waals surface area contributed by atoms with Gasteiger partial charge in [0.1, 0.15) is 6.04 Å². The maximum Gasteiger partial charge on any atom is 0.323 e. The zero-order valence-corrected chi connectivity index (χ0v) is 12.6. The van der Waals surface area contributed by atoms with Crippen molar-refractivity contribution in [3.8, 4) is 0 Å². The number of pyridine rings is 1. The Morgan fingerprint density at radius 3 is 2.68 bits per heavy atom. The van der Waals surface area contributed by atoms with Gasteiger partial charge in [-0.05, 0) is 25.5 Å². The van der Waals surface area contributed by atoms with Crippen molar-refractivity contribution >= 4 is 17.7 Å². The number of thioether (sulfide) groups is 1. The zero-order chi connectivity index (χ0) is 14.1. The van der Waals surface area contributed by atoms with Crippen LogP contribution in [0.5, 0.6) is 0 Å². The van der Waals surface area contributed by atoms with Crippen LogP contribution < -0.4 is 5.32 Å².